The number of aliphatic carboxylic acids is 2. The van der Waals surface area contributed by atoms with E-state index in [1.807, 2.05) is 128 Å². The summed E-state index contributed by atoms with van der Waals surface area (Å²) in [7, 11) is -4.33. The lowest BCUT2D eigenvalue weighted by Gasteiger charge is -2.40. The summed E-state index contributed by atoms with van der Waals surface area (Å²) in [5.41, 5.74) is 4.04. The molecule has 31 heteroatoms. The number of anilines is 4. The predicted molar refractivity (Wildman–Crippen MR) is 416 cm³/mol. The van der Waals surface area contributed by atoms with Gasteiger partial charge < -0.3 is 125 Å². The molecule has 0 bridgehead atoms. The van der Waals surface area contributed by atoms with Crippen LogP contribution in [0, 0.1) is 5.92 Å². The molecular formula is C79H129N4O26P. The Kier molecular flexibility index (Phi) is 34.4. The molecule has 4 aromatic rings. The van der Waals surface area contributed by atoms with E-state index < -0.39 is 129 Å². The number of aliphatic hydroxyl groups is 9. The van der Waals surface area contributed by atoms with Crippen LogP contribution in [0.5, 0.6) is 17.2 Å². The van der Waals surface area contributed by atoms with E-state index in [4.69, 9.17) is 51.7 Å². The van der Waals surface area contributed by atoms with Gasteiger partial charge in [0.1, 0.15) is 66.1 Å². The first-order valence-corrected chi connectivity index (χ1v) is 38.2. The van der Waals surface area contributed by atoms with Gasteiger partial charge in [-0.15, -0.1) is 0 Å². The highest BCUT2D eigenvalue weighted by atomic mass is 31.2. The van der Waals surface area contributed by atoms with E-state index in [1.165, 1.54) is 17.7 Å². The van der Waals surface area contributed by atoms with Gasteiger partial charge in [0, 0.05) is 33.8 Å². The van der Waals surface area contributed by atoms with Gasteiger partial charge in [-0.25, -0.2) is 14.2 Å². The zero-order chi connectivity index (χ0) is 84.0. The lowest BCUT2D eigenvalue weighted by atomic mass is 9.92. The Balaban J connectivity index is 0.000000317. The highest BCUT2D eigenvalue weighted by Crippen LogP contribution is 2.48. The summed E-state index contributed by atoms with van der Waals surface area (Å²) in [5, 5.41) is 122. The minimum absolute atomic E-state index is 0.0810. The SMILES string of the molecule is CC(C)(C)Nc1cc(COC(C)(C)C)ccc1OC1OC(CO)C(O)C(O)C1O.CC(C)(C)Nc1cc(COP(=O)(O)OC(C)(C)C)ccc1OC1OC(C(=O)O)C(O)C(O)C1O.CC(C)(C)Nc1ccc(COC(C)(C)C)cc1.CC1C(Oc2ccc(COC(C)(C)C)cc2NC(C)(C)C)OC(C(=O)O)C(O)C1O. The van der Waals surface area contributed by atoms with E-state index in [-0.39, 0.29) is 45.8 Å². The van der Waals surface area contributed by atoms with Crippen molar-refractivity contribution in [3.8, 4) is 17.2 Å². The van der Waals surface area contributed by atoms with Gasteiger partial charge >= 0.3 is 19.8 Å². The molecular weight excluding hydrogens is 1450 g/mol. The summed E-state index contributed by atoms with van der Waals surface area (Å²) in [6.45, 7) is 49.4. The zero-order valence-electron chi connectivity index (χ0n) is 68.7. The van der Waals surface area contributed by atoms with Crippen molar-refractivity contribution >= 4 is 42.5 Å². The number of carboxylic acid groups (broad SMARTS) is 2. The fourth-order valence-corrected chi connectivity index (χ4v) is 11.4. The number of hydrogen-bond acceptors (Lipinski definition) is 27. The number of rotatable bonds is 23. The van der Waals surface area contributed by atoms with Crippen LogP contribution in [0.15, 0.2) is 78.9 Å². The summed E-state index contributed by atoms with van der Waals surface area (Å²) in [4.78, 5) is 32.6. The summed E-state index contributed by atoms with van der Waals surface area (Å²) in [5.74, 6) is -2.53. The van der Waals surface area contributed by atoms with Crippen molar-refractivity contribution in [2.75, 3.05) is 27.9 Å². The number of carbonyl (C=O) groups is 2. The van der Waals surface area contributed by atoms with Crippen LogP contribution in [-0.2, 0) is 78.1 Å². The van der Waals surface area contributed by atoms with Crippen molar-refractivity contribution in [3.63, 3.8) is 0 Å². The Morgan fingerprint density at radius 2 is 0.718 bits per heavy atom. The van der Waals surface area contributed by atoms with Crippen molar-refractivity contribution in [1.29, 1.82) is 0 Å². The predicted octanol–water partition coefficient (Wildman–Crippen LogP) is 9.96. The third-order valence-electron chi connectivity index (χ3n) is 15.5. The summed E-state index contributed by atoms with van der Waals surface area (Å²) in [6.07, 6.45) is -20.9. The van der Waals surface area contributed by atoms with E-state index in [2.05, 4.69) is 87.1 Å². The van der Waals surface area contributed by atoms with Crippen molar-refractivity contribution in [1.82, 2.24) is 0 Å². The molecule has 30 nitrogen and oxygen atoms in total. The fourth-order valence-electron chi connectivity index (χ4n) is 10.4. The smallest absolute Gasteiger partial charge is 0.473 e. The van der Waals surface area contributed by atoms with Crippen LogP contribution in [0.1, 0.15) is 195 Å². The molecule has 110 heavy (non-hydrogen) atoms. The molecule has 626 valence electrons. The molecule has 3 saturated heterocycles. The second kappa shape index (κ2) is 39.3. The summed E-state index contributed by atoms with van der Waals surface area (Å²) in [6, 6.07) is 24.0. The first-order valence-electron chi connectivity index (χ1n) is 36.7. The molecule has 3 aliphatic rings. The topological polar surface area (TPSA) is 444 Å². The largest absolute Gasteiger partial charge is 0.479 e. The molecule has 0 aliphatic carbocycles. The van der Waals surface area contributed by atoms with Gasteiger partial charge in [0.05, 0.1) is 78.6 Å². The molecule has 0 radical (unpaired) electrons. The van der Waals surface area contributed by atoms with Crippen LogP contribution < -0.4 is 35.5 Å². The van der Waals surface area contributed by atoms with E-state index in [0.717, 1.165) is 16.8 Å². The van der Waals surface area contributed by atoms with E-state index in [1.54, 1.807) is 45.9 Å². The number of nitrogens with one attached hydrogen (secondary N) is 4. The second-order valence-corrected chi connectivity index (χ2v) is 37.1. The maximum atomic E-state index is 12.2. The molecule has 0 amide bonds. The lowest BCUT2D eigenvalue weighted by molar-refractivity contribution is -0.277. The molecule has 7 rings (SSSR count). The maximum absolute atomic E-state index is 12.2. The van der Waals surface area contributed by atoms with Gasteiger partial charge in [0.15, 0.2) is 12.2 Å². The third-order valence-corrected chi connectivity index (χ3v) is 16.7. The van der Waals surface area contributed by atoms with Gasteiger partial charge in [-0.3, -0.25) is 9.05 Å². The van der Waals surface area contributed by atoms with Gasteiger partial charge in [0.25, 0.3) is 0 Å². The fraction of sp³-hybridized carbons (Fsp3) is 0.671. The van der Waals surface area contributed by atoms with Crippen LogP contribution in [0.4, 0.5) is 22.7 Å². The van der Waals surface area contributed by atoms with Crippen LogP contribution in [-0.4, -0.2) is 210 Å². The van der Waals surface area contributed by atoms with E-state index >= 15 is 0 Å². The number of phosphoric ester groups is 1. The molecule has 4 aromatic carbocycles. The lowest BCUT2D eigenvalue weighted by Crippen LogP contribution is -2.61. The standard InChI is InChI=1S/C22H35NO7.C21H34NO11P.C21H35NO7.C15H25NO/c1-12-16(24)17(25)18(19(26)27)30-20(12)29-15-9-8-13(11-28-22(5,6)7)10-14(15)23-21(2,3)4;1-20(2,3)22-12-9-11(10-30-34(28,29)33-21(4,5)6)7-8-13(12)31-19-16(25)14(23)15(24)17(32-19)18(26)27;1-20(2,3)22-13-9-12(11-27-21(4,5)6)7-8-14(13)28-19-18(26)17(25)16(24)15(10-23)29-19;1-14(2,3)16-13-9-7-12(8-10-13)11-17-15(4,5)6/h8-10,12,16-18,20,23-25H,11H2,1-7H3,(H,26,27);7-9,14-17,19,22-25H,10H2,1-6H3,(H,26,27)(H,28,29);7-9,15-19,22-26H,10-11H2,1-6H3;7-10,16H,11H2,1-6H3. The average Bonchev–Trinajstić information content (AvgIpc) is 0.803. The normalized spacial score (nSPS) is 25.5. The number of hydrogen-bond donors (Lipinski definition) is 16. The molecule has 3 fully saturated rings. The van der Waals surface area contributed by atoms with Gasteiger partial charge in [0.2, 0.25) is 18.9 Å². The highest BCUT2D eigenvalue weighted by molar-refractivity contribution is 7.47. The van der Waals surface area contributed by atoms with Crippen molar-refractivity contribution in [2.24, 2.45) is 5.92 Å². The number of benzene rings is 4. The number of ether oxygens (including phenoxy) is 9. The monoisotopic (exact) mass is 1580 g/mol. The Morgan fingerprint density at radius 3 is 1.06 bits per heavy atom. The van der Waals surface area contributed by atoms with E-state index in [0.29, 0.717) is 53.9 Å². The summed E-state index contributed by atoms with van der Waals surface area (Å²) >= 11 is 0. The van der Waals surface area contributed by atoms with Crippen molar-refractivity contribution in [2.45, 2.75) is 330 Å². The quantitative estimate of drug-likeness (QED) is 0.0307. The minimum Gasteiger partial charge on any atom is -0.479 e. The first kappa shape index (κ1) is 96.3. The molecule has 16 atom stereocenters. The van der Waals surface area contributed by atoms with Crippen LogP contribution >= 0.6 is 7.82 Å². The number of aliphatic hydroxyl groups excluding tert-OH is 9. The summed E-state index contributed by atoms with van der Waals surface area (Å²) < 4.78 is 73.3. The number of carboxylic acids is 2. The average molecular weight is 1580 g/mol. The molecule has 0 aromatic heterocycles. The highest BCUT2D eigenvalue weighted by Gasteiger charge is 2.50. The minimum atomic E-state index is -4.33. The Morgan fingerprint density at radius 1 is 0.400 bits per heavy atom. The van der Waals surface area contributed by atoms with Crippen LogP contribution in [0.25, 0.3) is 0 Å². The van der Waals surface area contributed by atoms with Gasteiger partial charge in [-0.2, -0.15) is 0 Å². The molecule has 16 N–H and O–H groups in total. The number of phosphoric acid groups is 1. The molecule has 3 heterocycles. The third kappa shape index (κ3) is 33.9. The Bertz CT molecular complexity index is 3570. The van der Waals surface area contributed by atoms with Crippen molar-refractivity contribution < 1.29 is 127 Å². The maximum Gasteiger partial charge on any atom is 0.473 e. The van der Waals surface area contributed by atoms with Gasteiger partial charge in [-0.1, -0.05) is 37.3 Å². The molecule has 0 spiro atoms. The van der Waals surface area contributed by atoms with E-state index in [9.17, 15) is 75.2 Å². The Hall–Kier alpha value is -6.07. The molecule has 0 saturated carbocycles. The zero-order valence-corrected chi connectivity index (χ0v) is 69.6. The second-order valence-electron chi connectivity index (χ2n) is 35.7. The molecule has 3 aliphatic heterocycles. The molecule has 16 unspecified atom stereocenters. The Labute approximate surface area is 649 Å². The van der Waals surface area contributed by atoms with Crippen LogP contribution in [0.2, 0.25) is 0 Å². The van der Waals surface area contributed by atoms with Crippen LogP contribution in [0.3, 0.4) is 0 Å². The van der Waals surface area contributed by atoms with Crippen molar-refractivity contribution in [3.05, 3.63) is 101 Å². The first-order chi connectivity index (χ1) is 50.0. The van der Waals surface area contributed by atoms with Gasteiger partial charge in [-0.05, 0) is 237 Å².